The molecule has 0 aliphatic heterocycles. The van der Waals surface area contributed by atoms with E-state index in [1.165, 1.54) is 13.1 Å². The van der Waals surface area contributed by atoms with Gasteiger partial charge in [0.1, 0.15) is 12.4 Å². The Morgan fingerprint density at radius 1 is 0.970 bits per heavy atom. The third-order valence-corrected chi connectivity index (χ3v) is 5.24. The van der Waals surface area contributed by atoms with E-state index in [0.717, 1.165) is 22.5 Å². The predicted molar refractivity (Wildman–Crippen MR) is 126 cm³/mol. The first-order valence-corrected chi connectivity index (χ1v) is 10.5. The van der Waals surface area contributed by atoms with Gasteiger partial charge in [0.05, 0.1) is 17.6 Å². The van der Waals surface area contributed by atoms with Gasteiger partial charge >= 0.3 is 0 Å². The number of aryl methyl sites for hydroxylation is 2. The summed E-state index contributed by atoms with van der Waals surface area (Å²) in [7, 11) is 0. The number of anilines is 1. The molecule has 0 bridgehead atoms. The molecular weight excluding hydrogens is 416 g/mol. The van der Waals surface area contributed by atoms with E-state index in [-0.39, 0.29) is 18.3 Å². The molecule has 1 N–H and O–H groups in total. The molecule has 0 saturated carbocycles. The lowest BCUT2D eigenvalue weighted by atomic mass is 10.1. The monoisotopic (exact) mass is 440 g/mol. The number of rotatable bonds is 7. The van der Waals surface area contributed by atoms with E-state index in [4.69, 9.17) is 4.74 Å². The van der Waals surface area contributed by atoms with Gasteiger partial charge in [-0.15, -0.1) is 0 Å². The number of aromatic nitrogens is 3. The molecule has 7 nitrogen and oxygen atoms in total. The molecule has 0 unspecified atom stereocenters. The van der Waals surface area contributed by atoms with Crippen LogP contribution in [-0.4, -0.2) is 26.5 Å². The standard InChI is InChI=1S/C26H24N4O3/c1-17-4-7-23(12-22(17)16-33-25-13-21(19(3)31)14-27-15-25)28-26(32)20-5-8-24(9-6-20)30-11-10-18(2)29-30/h4-15H,16H2,1-3H3,(H,28,32). The van der Waals surface area contributed by atoms with Crippen LogP contribution in [0, 0.1) is 13.8 Å². The summed E-state index contributed by atoms with van der Waals surface area (Å²) in [6.07, 6.45) is 4.97. The Balaban J connectivity index is 1.43. The lowest BCUT2D eigenvalue weighted by Crippen LogP contribution is -2.12. The van der Waals surface area contributed by atoms with Crippen LogP contribution in [0.25, 0.3) is 5.69 Å². The Bertz CT molecular complexity index is 1310. The molecule has 0 atom stereocenters. The highest BCUT2D eigenvalue weighted by molar-refractivity contribution is 6.04. The summed E-state index contributed by atoms with van der Waals surface area (Å²) in [6.45, 7) is 5.68. The molecule has 0 spiro atoms. The van der Waals surface area contributed by atoms with Gasteiger partial charge in [0, 0.05) is 29.2 Å². The van der Waals surface area contributed by atoms with Gasteiger partial charge in [-0.05, 0) is 80.4 Å². The molecule has 33 heavy (non-hydrogen) atoms. The maximum absolute atomic E-state index is 12.7. The summed E-state index contributed by atoms with van der Waals surface area (Å²) in [4.78, 5) is 28.3. The third kappa shape index (κ3) is 5.33. The molecule has 2 aromatic carbocycles. The Labute approximate surface area is 192 Å². The van der Waals surface area contributed by atoms with Crippen molar-refractivity contribution in [3.05, 3.63) is 101 Å². The Morgan fingerprint density at radius 2 is 1.76 bits per heavy atom. The zero-order valence-corrected chi connectivity index (χ0v) is 18.7. The van der Waals surface area contributed by atoms with E-state index in [2.05, 4.69) is 15.4 Å². The van der Waals surface area contributed by atoms with Gasteiger partial charge in [0.2, 0.25) is 0 Å². The molecule has 2 aromatic heterocycles. The first kappa shape index (κ1) is 22.0. The first-order valence-electron chi connectivity index (χ1n) is 10.5. The van der Waals surface area contributed by atoms with Crippen LogP contribution in [0.4, 0.5) is 5.69 Å². The van der Waals surface area contributed by atoms with Gasteiger partial charge in [-0.2, -0.15) is 5.10 Å². The molecule has 4 aromatic rings. The van der Waals surface area contributed by atoms with E-state index in [9.17, 15) is 9.59 Å². The average molecular weight is 441 g/mol. The molecule has 0 saturated heterocycles. The zero-order valence-electron chi connectivity index (χ0n) is 18.7. The van der Waals surface area contributed by atoms with Crippen molar-refractivity contribution in [1.82, 2.24) is 14.8 Å². The van der Waals surface area contributed by atoms with Gasteiger partial charge < -0.3 is 10.1 Å². The maximum atomic E-state index is 12.7. The number of Topliss-reactive ketones (excluding diaryl/α,β-unsaturated/α-hetero) is 1. The smallest absolute Gasteiger partial charge is 0.255 e. The fourth-order valence-corrected chi connectivity index (χ4v) is 3.28. The second-order valence-corrected chi connectivity index (χ2v) is 7.80. The third-order valence-electron chi connectivity index (χ3n) is 5.24. The van der Waals surface area contributed by atoms with Gasteiger partial charge in [0.25, 0.3) is 5.91 Å². The minimum Gasteiger partial charge on any atom is -0.487 e. The molecule has 0 radical (unpaired) electrons. The van der Waals surface area contributed by atoms with Crippen LogP contribution < -0.4 is 10.1 Å². The molecule has 7 heteroatoms. The van der Waals surface area contributed by atoms with Crippen molar-refractivity contribution in [2.75, 3.05) is 5.32 Å². The predicted octanol–water partition coefficient (Wildman–Crippen LogP) is 4.92. The van der Waals surface area contributed by atoms with Gasteiger partial charge in [-0.3, -0.25) is 14.6 Å². The molecule has 2 heterocycles. The maximum Gasteiger partial charge on any atom is 0.255 e. The molecule has 0 fully saturated rings. The van der Waals surface area contributed by atoms with Crippen molar-refractivity contribution >= 4 is 17.4 Å². The Morgan fingerprint density at radius 3 is 2.45 bits per heavy atom. The van der Waals surface area contributed by atoms with E-state index in [1.807, 2.05) is 56.4 Å². The number of hydrogen-bond donors (Lipinski definition) is 1. The van der Waals surface area contributed by atoms with Crippen LogP contribution in [-0.2, 0) is 6.61 Å². The van der Waals surface area contributed by atoms with Gasteiger partial charge in [-0.25, -0.2) is 4.68 Å². The lowest BCUT2D eigenvalue weighted by molar-refractivity contribution is 0.101. The minimum absolute atomic E-state index is 0.0680. The highest BCUT2D eigenvalue weighted by Crippen LogP contribution is 2.20. The number of amides is 1. The molecule has 0 aliphatic carbocycles. The van der Waals surface area contributed by atoms with Crippen molar-refractivity contribution in [1.29, 1.82) is 0 Å². The highest BCUT2D eigenvalue weighted by Gasteiger charge is 2.10. The fraction of sp³-hybridized carbons (Fsp3) is 0.154. The second-order valence-electron chi connectivity index (χ2n) is 7.80. The molecule has 166 valence electrons. The number of ketones is 1. The molecular formula is C26H24N4O3. The van der Waals surface area contributed by atoms with Crippen LogP contribution >= 0.6 is 0 Å². The van der Waals surface area contributed by atoms with Crippen LogP contribution in [0.1, 0.15) is 44.5 Å². The topological polar surface area (TPSA) is 86.1 Å². The van der Waals surface area contributed by atoms with Gasteiger partial charge in [-0.1, -0.05) is 6.07 Å². The quantitative estimate of drug-likeness (QED) is 0.412. The number of nitrogens with one attached hydrogen (secondary N) is 1. The largest absolute Gasteiger partial charge is 0.487 e. The number of carbonyl (C=O) groups is 2. The SMILES string of the molecule is CC(=O)c1cncc(OCc2cc(NC(=O)c3ccc(-n4ccc(C)n4)cc3)ccc2C)c1. The minimum atomic E-state index is -0.202. The molecule has 1 amide bonds. The van der Waals surface area contributed by atoms with Crippen molar-refractivity contribution in [2.24, 2.45) is 0 Å². The Kier molecular flexibility index (Phi) is 6.31. The normalized spacial score (nSPS) is 10.6. The zero-order chi connectivity index (χ0) is 23.4. The van der Waals surface area contributed by atoms with Crippen molar-refractivity contribution in [3.63, 3.8) is 0 Å². The van der Waals surface area contributed by atoms with Crippen LogP contribution in [0.15, 0.2) is 73.2 Å². The van der Waals surface area contributed by atoms with E-state index in [1.54, 1.807) is 29.1 Å². The summed E-state index contributed by atoms with van der Waals surface area (Å²) in [5.41, 5.74) is 5.49. The number of ether oxygens (including phenoxy) is 1. The van der Waals surface area contributed by atoms with Crippen LogP contribution in [0.2, 0.25) is 0 Å². The van der Waals surface area contributed by atoms with Crippen LogP contribution in [0.3, 0.4) is 0 Å². The lowest BCUT2D eigenvalue weighted by Gasteiger charge is -2.12. The fourth-order valence-electron chi connectivity index (χ4n) is 3.28. The van der Waals surface area contributed by atoms with Crippen LogP contribution in [0.5, 0.6) is 5.75 Å². The molecule has 0 aliphatic rings. The summed E-state index contributed by atoms with van der Waals surface area (Å²) < 4.78 is 7.60. The number of benzene rings is 2. The first-order chi connectivity index (χ1) is 15.9. The number of hydrogen-bond acceptors (Lipinski definition) is 5. The highest BCUT2D eigenvalue weighted by atomic mass is 16.5. The Hall–Kier alpha value is -4.26. The summed E-state index contributed by atoms with van der Waals surface area (Å²) in [5.74, 6) is 0.248. The average Bonchev–Trinajstić information content (AvgIpc) is 3.26. The summed E-state index contributed by atoms with van der Waals surface area (Å²) >= 11 is 0. The summed E-state index contributed by atoms with van der Waals surface area (Å²) in [5, 5.41) is 7.31. The van der Waals surface area contributed by atoms with Gasteiger partial charge in [0.15, 0.2) is 5.78 Å². The van der Waals surface area contributed by atoms with E-state index >= 15 is 0 Å². The van der Waals surface area contributed by atoms with E-state index in [0.29, 0.717) is 22.6 Å². The van der Waals surface area contributed by atoms with Crippen molar-refractivity contribution in [3.8, 4) is 11.4 Å². The number of carbonyl (C=O) groups excluding carboxylic acids is 2. The van der Waals surface area contributed by atoms with E-state index < -0.39 is 0 Å². The number of pyridine rings is 1. The van der Waals surface area contributed by atoms with Crippen molar-refractivity contribution < 1.29 is 14.3 Å². The summed E-state index contributed by atoms with van der Waals surface area (Å²) in [6, 6.07) is 16.5. The molecule has 4 rings (SSSR count). The number of nitrogens with zero attached hydrogens (tertiary/aromatic N) is 3. The van der Waals surface area contributed by atoms with Crippen molar-refractivity contribution in [2.45, 2.75) is 27.4 Å². The second kappa shape index (κ2) is 9.48.